The van der Waals surface area contributed by atoms with Gasteiger partial charge in [-0.3, -0.25) is 9.69 Å². The number of nitrogens with zero attached hydrogens (tertiary/aromatic N) is 2. The Balaban J connectivity index is 1.89. The lowest BCUT2D eigenvalue weighted by molar-refractivity contribution is -0.119. The maximum Gasteiger partial charge on any atom is 0.209 e. The molecule has 0 radical (unpaired) electrons. The molecule has 1 amide bonds. The summed E-state index contributed by atoms with van der Waals surface area (Å²) < 4.78 is 50.5. The molecule has 3 rings (SSSR count). The Kier molecular flexibility index (Phi) is 4.95. The van der Waals surface area contributed by atoms with Gasteiger partial charge in [-0.05, 0) is 12.1 Å². The summed E-state index contributed by atoms with van der Waals surface area (Å²) in [6.45, 7) is 1.88. The van der Waals surface area contributed by atoms with Crippen molar-refractivity contribution in [1.82, 2.24) is 9.80 Å². The van der Waals surface area contributed by atoms with Gasteiger partial charge in [-0.2, -0.15) is 0 Å². The Labute approximate surface area is 150 Å². The van der Waals surface area contributed by atoms with Gasteiger partial charge in [0.1, 0.15) is 4.21 Å². The molecule has 0 N–H and O–H groups in total. The third-order valence-corrected chi connectivity index (χ3v) is 10.3. The van der Waals surface area contributed by atoms with Gasteiger partial charge in [-0.1, -0.05) is 11.6 Å². The van der Waals surface area contributed by atoms with Crippen LogP contribution in [0.25, 0.3) is 0 Å². The van der Waals surface area contributed by atoms with Crippen LogP contribution in [0.15, 0.2) is 16.3 Å². The number of carbonyl (C=O) groups excluding carboxylic acids is 1. The maximum absolute atomic E-state index is 12.9. The minimum atomic E-state index is -3.78. The van der Waals surface area contributed by atoms with Crippen molar-refractivity contribution in [2.75, 3.05) is 37.7 Å². The predicted octanol–water partition coefficient (Wildman–Crippen LogP) is 0.115. The van der Waals surface area contributed by atoms with Crippen LogP contribution in [0, 0.1) is 0 Å². The Morgan fingerprint density at radius 1 is 1.17 bits per heavy atom. The number of piperazine rings is 1. The predicted molar refractivity (Wildman–Crippen MR) is 92.0 cm³/mol. The van der Waals surface area contributed by atoms with Gasteiger partial charge in [0.05, 0.1) is 21.1 Å². The summed E-state index contributed by atoms with van der Waals surface area (Å²) in [4.78, 5) is 14.3. The van der Waals surface area contributed by atoms with Crippen molar-refractivity contribution in [2.24, 2.45) is 0 Å². The largest absolute Gasteiger partial charge is 0.343 e. The van der Waals surface area contributed by atoms with Crippen molar-refractivity contribution in [3.63, 3.8) is 0 Å². The first-order valence-corrected chi connectivity index (χ1v) is 11.9. The highest BCUT2D eigenvalue weighted by molar-refractivity contribution is 7.97. The smallest absolute Gasteiger partial charge is 0.209 e. The summed E-state index contributed by atoms with van der Waals surface area (Å²) in [6.07, 6.45) is 0.755. The van der Waals surface area contributed by atoms with E-state index in [1.54, 1.807) is 4.90 Å². The Bertz CT molecular complexity index is 828. The molecule has 24 heavy (non-hydrogen) atoms. The second kappa shape index (κ2) is 6.56. The number of thiophene rings is 1. The highest BCUT2D eigenvalue weighted by Crippen LogP contribution is 2.34. The number of carbonyl (C=O) groups is 1. The lowest BCUT2D eigenvalue weighted by atomic mass is 10.2. The normalized spacial score (nSPS) is 28.1. The molecule has 2 fully saturated rings. The number of hydrogen-bond acceptors (Lipinski definition) is 7. The summed E-state index contributed by atoms with van der Waals surface area (Å²) in [6, 6.07) is 2.34. The average molecular weight is 413 g/mol. The van der Waals surface area contributed by atoms with E-state index < -0.39 is 31.0 Å². The molecule has 1 aromatic heterocycles. The molecule has 2 aliphatic rings. The summed E-state index contributed by atoms with van der Waals surface area (Å²) in [5.74, 6) is -0.541. The fraction of sp³-hybridized carbons (Fsp3) is 0.615. The molecule has 3 heterocycles. The van der Waals surface area contributed by atoms with E-state index in [4.69, 9.17) is 11.6 Å². The second-order valence-electron chi connectivity index (χ2n) is 5.96. The van der Waals surface area contributed by atoms with Crippen LogP contribution in [0.4, 0.5) is 0 Å². The molecule has 0 spiro atoms. The van der Waals surface area contributed by atoms with Crippen LogP contribution >= 0.6 is 22.9 Å². The lowest BCUT2D eigenvalue weighted by Gasteiger charge is -2.37. The van der Waals surface area contributed by atoms with Gasteiger partial charge in [0.25, 0.3) is 0 Å². The molecule has 11 heteroatoms. The van der Waals surface area contributed by atoms with Gasteiger partial charge < -0.3 is 4.90 Å². The number of hydrogen-bond donors (Lipinski definition) is 0. The van der Waals surface area contributed by atoms with Crippen LogP contribution in [0.3, 0.4) is 0 Å². The third-order valence-electron chi connectivity index (χ3n) is 4.47. The molecule has 0 aromatic carbocycles. The first kappa shape index (κ1) is 18.1. The van der Waals surface area contributed by atoms with Crippen LogP contribution < -0.4 is 0 Å². The topological polar surface area (TPSA) is 91.8 Å². The van der Waals surface area contributed by atoms with Crippen LogP contribution in [0.1, 0.15) is 0 Å². The molecule has 2 atom stereocenters. The Morgan fingerprint density at radius 2 is 1.83 bits per heavy atom. The van der Waals surface area contributed by atoms with Crippen molar-refractivity contribution in [2.45, 2.75) is 15.5 Å². The SMILES string of the molecule is O=CN1CCN([C@H]2CS(=O)(=O)C[C@@H]2S(=O)(=O)c2ccc(Cl)s2)CC1. The standard InChI is InChI=1S/C13H17ClN2O5S3/c14-12-1-2-13(22-12)24(20,21)11-8-23(18,19)7-10(11)16-5-3-15(9-17)4-6-16/h1-2,9-11H,3-8H2/t10-,11-/m0/s1. The lowest BCUT2D eigenvalue weighted by Crippen LogP contribution is -2.54. The summed E-state index contributed by atoms with van der Waals surface area (Å²) in [7, 11) is -7.21. The van der Waals surface area contributed by atoms with Crippen molar-refractivity contribution >= 4 is 49.0 Å². The zero-order chi connectivity index (χ0) is 17.5. The molecule has 2 saturated heterocycles. The van der Waals surface area contributed by atoms with Crippen LogP contribution in [0.2, 0.25) is 4.34 Å². The zero-order valence-electron chi connectivity index (χ0n) is 12.7. The van der Waals surface area contributed by atoms with E-state index in [0.717, 1.165) is 17.7 Å². The highest BCUT2D eigenvalue weighted by atomic mass is 35.5. The van der Waals surface area contributed by atoms with Crippen LogP contribution in [-0.2, 0) is 24.5 Å². The van der Waals surface area contributed by atoms with E-state index in [1.165, 1.54) is 12.1 Å². The summed E-state index contributed by atoms with van der Waals surface area (Å²) in [5.41, 5.74) is 0. The van der Waals surface area contributed by atoms with Gasteiger partial charge in [-0.15, -0.1) is 11.3 Å². The van der Waals surface area contributed by atoms with Crippen molar-refractivity contribution in [3.05, 3.63) is 16.5 Å². The average Bonchev–Trinajstić information content (AvgIpc) is 3.11. The third kappa shape index (κ3) is 3.48. The van der Waals surface area contributed by atoms with E-state index in [9.17, 15) is 21.6 Å². The maximum atomic E-state index is 12.9. The van der Waals surface area contributed by atoms with Crippen molar-refractivity contribution in [1.29, 1.82) is 0 Å². The Morgan fingerprint density at radius 3 is 2.38 bits per heavy atom. The van der Waals surface area contributed by atoms with Gasteiger partial charge in [0, 0.05) is 32.2 Å². The molecule has 0 unspecified atom stereocenters. The number of halogens is 1. The van der Waals surface area contributed by atoms with E-state index in [1.807, 2.05) is 4.90 Å². The molecule has 2 aliphatic heterocycles. The van der Waals surface area contributed by atoms with E-state index in [0.29, 0.717) is 30.5 Å². The number of sulfone groups is 2. The Hall–Kier alpha value is -0.680. The van der Waals surface area contributed by atoms with Crippen LogP contribution in [-0.4, -0.2) is 82.0 Å². The monoisotopic (exact) mass is 412 g/mol. The van der Waals surface area contributed by atoms with E-state index in [2.05, 4.69) is 0 Å². The minimum absolute atomic E-state index is 0.103. The first-order chi connectivity index (χ1) is 11.2. The fourth-order valence-corrected chi connectivity index (χ4v) is 9.75. The molecule has 134 valence electrons. The quantitative estimate of drug-likeness (QED) is 0.652. The number of rotatable bonds is 4. The van der Waals surface area contributed by atoms with E-state index in [-0.39, 0.29) is 15.7 Å². The van der Waals surface area contributed by atoms with Crippen LogP contribution in [0.5, 0.6) is 0 Å². The second-order valence-corrected chi connectivity index (χ2v) is 12.2. The molecule has 1 aromatic rings. The minimum Gasteiger partial charge on any atom is -0.343 e. The fourth-order valence-electron chi connectivity index (χ4n) is 3.21. The molecular weight excluding hydrogens is 396 g/mol. The molecule has 7 nitrogen and oxygen atoms in total. The zero-order valence-corrected chi connectivity index (χ0v) is 15.9. The van der Waals surface area contributed by atoms with E-state index >= 15 is 0 Å². The highest BCUT2D eigenvalue weighted by Gasteiger charge is 2.49. The van der Waals surface area contributed by atoms with Gasteiger partial charge >= 0.3 is 0 Å². The molecule has 0 bridgehead atoms. The van der Waals surface area contributed by atoms with Gasteiger partial charge in [0.15, 0.2) is 19.7 Å². The summed E-state index contributed by atoms with van der Waals surface area (Å²) >= 11 is 6.78. The van der Waals surface area contributed by atoms with Crippen molar-refractivity contribution < 1.29 is 21.6 Å². The molecular formula is C13H17ClN2O5S3. The first-order valence-electron chi connectivity index (χ1n) is 7.36. The molecule has 0 aliphatic carbocycles. The number of amides is 1. The van der Waals surface area contributed by atoms with Gasteiger partial charge in [0.2, 0.25) is 6.41 Å². The molecule has 0 saturated carbocycles. The summed E-state index contributed by atoms with van der Waals surface area (Å²) in [5, 5.41) is -1.00. The van der Waals surface area contributed by atoms with Crippen molar-refractivity contribution in [3.8, 4) is 0 Å². The van der Waals surface area contributed by atoms with Gasteiger partial charge in [-0.25, -0.2) is 16.8 Å².